The molecule has 1 aromatic rings. The predicted octanol–water partition coefficient (Wildman–Crippen LogP) is 2.88. The number of aromatic nitrogens is 1. The van der Waals surface area contributed by atoms with E-state index in [2.05, 4.69) is 18.8 Å². The van der Waals surface area contributed by atoms with Crippen molar-refractivity contribution in [2.45, 2.75) is 20.3 Å². The molecular formula is C11H14ClN3O2. The number of nitrogens with zero attached hydrogens (tertiary/aromatic N) is 3. The minimum Gasteiger partial charge on any atom is -0.356 e. The Morgan fingerprint density at radius 3 is 2.76 bits per heavy atom. The Kier molecular flexibility index (Phi) is 2.95. The largest absolute Gasteiger partial charge is 0.356 e. The van der Waals surface area contributed by atoms with E-state index in [0.717, 1.165) is 19.5 Å². The summed E-state index contributed by atoms with van der Waals surface area (Å²) in [6.45, 7) is 6.05. The second-order valence-electron chi connectivity index (χ2n) is 5.10. The van der Waals surface area contributed by atoms with Crippen molar-refractivity contribution in [1.82, 2.24) is 4.98 Å². The fourth-order valence-electron chi connectivity index (χ4n) is 2.05. The first kappa shape index (κ1) is 12.1. The lowest BCUT2D eigenvalue weighted by molar-refractivity contribution is -0.384. The molecular weight excluding hydrogens is 242 g/mol. The molecule has 0 unspecified atom stereocenters. The van der Waals surface area contributed by atoms with Crippen molar-refractivity contribution < 1.29 is 4.92 Å². The monoisotopic (exact) mass is 255 g/mol. The molecule has 6 heteroatoms. The fourth-order valence-corrected chi connectivity index (χ4v) is 2.24. The zero-order valence-corrected chi connectivity index (χ0v) is 10.6. The first-order valence-electron chi connectivity index (χ1n) is 5.44. The van der Waals surface area contributed by atoms with E-state index in [1.807, 2.05) is 4.90 Å². The second-order valence-corrected chi connectivity index (χ2v) is 5.49. The Bertz CT molecular complexity index is 462. The van der Waals surface area contributed by atoms with Gasteiger partial charge in [-0.05, 0) is 11.8 Å². The van der Waals surface area contributed by atoms with Gasteiger partial charge in [0.15, 0.2) is 0 Å². The molecule has 0 saturated carbocycles. The molecule has 1 aromatic heterocycles. The second kappa shape index (κ2) is 4.14. The molecule has 92 valence electrons. The van der Waals surface area contributed by atoms with Crippen LogP contribution in [-0.2, 0) is 0 Å². The van der Waals surface area contributed by atoms with Crippen LogP contribution in [-0.4, -0.2) is 23.0 Å². The van der Waals surface area contributed by atoms with Crippen LogP contribution in [0.2, 0.25) is 5.15 Å². The van der Waals surface area contributed by atoms with E-state index < -0.39 is 4.92 Å². The standard InChI is InChI=1S/C11H14ClN3O2/c1-11(2)3-4-14(7-11)10-6-8(15(16)17)5-9(12)13-10/h5-6H,3-4,7H2,1-2H3. The summed E-state index contributed by atoms with van der Waals surface area (Å²) in [7, 11) is 0. The summed E-state index contributed by atoms with van der Waals surface area (Å²) in [5.41, 5.74) is 0.211. The van der Waals surface area contributed by atoms with Crippen LogP contribution < -0.4 is 4.90 Å². The lowest BCUT2D eigenvalue weighted by Gasteiger charge is -2.20. The maximum atomic E-state index is 10.7. The SMILES string of the molecule is CC1(C)CCN(c2cc([N+](=O)[O-])cc(Cl)n2)C1. The van der Waals surface area contributed by atoms with Crippen LogP contribution >= 0.6 is 11.6 Å². The number of nitro groups is 1. The van der Waals surface area contributed by atoms with E-state index in [-0.39, 0.29) is 16.3 Å². The van der Waals surface area contributed by atoms with Crippen molar-refractivity contribution in [3.8, 4) is 0 Å². The molecule has 1 aliphatic heterocycles. The Morgan fingerprint density at radius 1 is 1.53 bits per heavy atom. The van der Waals surface area contributed by atoms with Gasteiger partial charge < -0.3 is 4.90 Å². The number of anilines is 1. The van der Waals surface area contributed by atoms with E-state index in [1.165, 1.54) is 12.1 Å². The number of pyridine rings is 1. The van der Waals surface area contributed by atoms with Gasteiger partial charge in [0.05, 0.1) is 17.1 Å². The highest BCUT2D eigenvalue weighted by molar-refractivity contribution is 6.29. The predicted molar refractivity (Wildman–Crippen MR) is 66.5 cm³/mol. The molecule has 0 spiro atoms. The Labute approximate surface area is 105 Å². The van der Waals surface area contributed by atoms with Crippen LogP contribution in [0.3, 0.4) is 0 Å². The van der Waals surface area contributed by atoms with Crippen molar-refractivity contribution >= 4 is 23.1 Å². The topological polar surface area (TPSA) is 59.3 Å². The molecule has 2 heterocycles. The van der Waals surface area contributed by atoms with Gasteiger partial charge in [-0.2, -0.15) is 0 Å². The maximum absolute atomic E-state index is 10.7. The highest BCUT2D eigenvalue weighted by atomic mass is 35.5. The average Bonchev–Trinajstić information content (AvgIpc) is 2.58. The molecule has 5 nitrogen and oxygen atoms in total. The summed E-state index contributed by atoms with van der Waals surface area (Å²) in [5.74, 6) is 0.592. The van der Waals surface area contributed by atoms with Crippen molar-refractivity contribution in [3.05, 3.63) is 27.4 Å². The van der Waals surface area contributed by atoms with Gasteiger partial charge in [0.1, 0.15) is 11.0 Å². The summed E-state index contributed by atoms with van der Waals surface area (Å²) < 4.78 is 0. The third kappa shape index (κ3) is 2.66. The van der Waals surface area contributed by atoms with Gasteiger partial charge in [0.25, 0.3) is 5.69 Å². The normalized spacial score (nSPS) is 18.4. The van der Waals surface area contributed by atoms with E-state index in [9.17, 15) is 10.1 Å². The smallest absolute Gasteiger partial charge is 0.276 e. The number of rotatable bonds is 2. The molecule has 0 amide bonds. The first-order chi connectivity index (χ1) is 7.87. The summed E-state index contributed by atoms with van der Waals surface area (Å²) in [6, 6.07) is 2.75. The molecule has 0 N–H and O–H groups in total. The van der Waals surface area contributed by atoms with Crippen LogP contribution in [0.25, 0.3) is 0 Å². The lowest BCUT2D eigenvalue weighted by atomic mass is 9.93. The highest BCUT2D eigenvalue weighted by Crippen LogP contribution is 2.33. The minimum atomic E-state index is -0.446. The Hall–Kier alpha value is -1.36. The van der Waals surface area contributed by atoms with E-state index in [0.29, 0.717) is 5.82 Å². The summed E-state index contributed by atoms with van der Waals surface area (Å²) >= 11 is 5.80. The quantitative estimate of drug-likeness (QED) is 0.463. The third-order valence-corrected chi connectivity index (χ3v) is 3.17. The van der Waals surface area contributed by atoms with Crippen LogP contribution in [0.5, 0.6) is 0 Å². The van der Waals surface area contributed by atoms with Gasteiger partial charge in [-0.3, -0.25) is 10.1 Å². The van der Waals surface area contributed by atoms with Gasteiger partial charge in [0.2, 0.25) is 0 Å². The fraction of sp³-hybridized carbons (Fsp3) is 0.545. The Morgan fingerprint density at radius 2 is 2.24 bits per heavy atom. The van der Waals surface area contributed by atoms with Crippen molar-refractivity contribution in [3.63, 3.8) is 0 Å². The number of hydrogen-bond acceptors (Lipinski definition) is 4. The molecule has 0 atom stereocenters. The maximum Gasteiger partial charge on any atom is 0.276 e. The van der Waals surface area contributed by atoms with Gasteiger partial charge in [-0.1, -0.05) is 25.4 Å². The van der Waals surface area contributed by atoms with Crippen LogP contribution in [0.4, 0.5) is 11.5 Å². The minimum absolute atomic E-state index is 0.00953. The van der Waals surface area contributed by atoms with E-state index in [4.69, 9.17) is 11.6 Å². The average molecular weight is 256 g/mol. The lowest BCUT2D eigenvalue weighted by Crippen LogP contribution is -2.23. The van der Waals surface area contributed by atoms with Crippen molar-refractivity contribution in [1.29, 1.82) is 0 Å². The number of halogens is 1. The molecule has 17 heavy (non-hydrogen) atoms. The molecule has 1 aliphatic rings. The Balaban J connectivity index is 2.30. The van der Waals surface area contributed by atoms with Crippen LogP contribution in [0, 0.1) is 15.5 Å². The molecule has 0 aromatic carbocycles. The summed E-state index contributed by atoms with van der Waals surface area (Å²) in [6.07, 6.45) is 1.05. The van der Waals surface area contributed by atoms with Crippen molar-refractivity contribution in [2.24, 2.45) is 5.41 Å². The van der Waals surface area contributed by atoms with Crippen molar-refractivity contribution in [2.75, 3.05) is 18.0 Å². The zero-order chi connectivity index (χ0) is 12.6. The van der Waals surface area contributed by atoms with E-state index in [1.54, 1.807) is 0 Å². The molecule has 0 aliphatic carbocycles. The van der Waals surface area contributed by atoms with Gasteiger partial charge in [0, 0.05) is 13.1 Å². The molecule has 2 rings (SSSR count). The van der Waals surface area contributed by atoms with Crippen LogP contribution in [0.15, 0.2) is 12.1 Å². The molecule has 1 saturated heterocycles. The zero-order valence-electron chi connectivity index (χ0n) is 9.81. The highest BCUT2D eigenvalue weighted by Gasteiger charge is 2.30. The van der Waals surface area contributed by atoms with Gasteiger partial charge in [-0.15, -0.1) is 0 Å². The summed E-state index contributed by atoms with van der Waals surface area (Å²) in [5, 5.41) is 10.9. The van der Waals surface area contributed by atoms with Crippen LogP contribution in [0.1, 0.15) is 20.3 Å². The molecule has 1 fully saturated rings. The summed E-state index contributed by atoms with van der Waals surface area (Å²) in [4.78, 5) is 16.5. The van der Waals surface area contributed by atoms with E-state index >= 15 is 0 Å². The third-order valence-electron chi connectivity index (χ3n) is 2.98. The van der Waals surface area contributed by atoms with Gasteiger partial charge >= 0.3 is 0 Å². The first-order valence-corrected chi connectivity index (χ1v) is 5.82. The molecule has 0 radical (unpaired) electrons. The molecule has 0 bridgehead atoms. The number of hydrogen-bond donors (Lipinski definition) is 0. The van der Waals surface area contributed by atoms with Gasteiger partial charge in [-0.25, -0.2) is 4.98 Å².